The lowest BCUT2D eigenvalue weighted by molar-refractivity contribution is -0.492. The van der Waals surface area contributed by atoms with E-state index in [9.17, 15) is 9.90 Å². The number of phenols is 1. The molecule has 0 heterocycles. The number of nitrogens with zero attached hydrogens (tertiary/aromatic N) is 1. The fourth-order valence-electron chi connectivity index (χ4n) is 1.14. The zero-order chi connectivity index (χ0) is 13.5. The minimum Gasteiger partial charge on any atom is -0.504 e. The van der Waals surface area contributed by atoms with Crippen LogP contribution < -0.4 is 4.74 Å². The van der Waals surface area contributed by atoms with Gasteiger partial charge in [0.2, 0.25) is 0 Å². The van der Waals surface area contributed by atoms with E-state index in [1.54, 1.807) is 0 Å². The van der Waals surface area contributed by atoms with Crippen LogP contribution in [0.3, 0.4) is 0 Å². The number of phenolic OH excluding ortho intramolecular Hbond substituents is 1. The van der Waals surface area contributed by atoms with Crippen LogP contribution in [0.2, 0.25) is 0 Å². The van der Waals surface area contributed by atoms with Crippen molar-refractivity contribution in [2.45, 2.75) is 0 Å². The molecule has 8 heteroatoms. The van der Waals surface area contributed by atoms with Crippen LogP contribution in [0.25, 0.3) is 0 Å². The number of rotatable bonds is 6. The summed E-state index contributed by atoms with van der Waals surface area (Å²) in [5, 5.41) is 25.3. The number of aromatic hydroxyl groups is 1. The Kier molecular flexibility index (Phi) is 5.33. The topological polar surface area (TPSA) is 109 Å². The molecule has 0 atom stereocenters. The number of esters is 1. The lowest BCUT2D eigenvalue weighted by Gasteiger charge is -2.08. The zero-order valence-electron chi connectivity index (χ0n) is 9.57. The molecule has 0 spiro atoms. The lowest BCUT2D eigenvalue weighted by Crippen LogP contribution is -2.19. The number of ether oxygens (including phenoxy) is 2. The average molecular weight is 259 g/mol. The predicted octanol–water partition coefficient (Wildman–Crippen LogP) is 0.570. The van der Waals surface area contributed by atoms with Gasteiger partial charge in [0.15, 0.2) is 11.5 Å². The highest BCUT2D eigenvalue weighted by molar-refractivity contribution is 5.90. The van der Waals surface area contributed by atoms with Gasteiger partial charge in [0.25, 0.3) is 0 Å². The second-order valence-electron chi connectivity index (χ2n) is 3.11. The Hall–Kier alpha value is -1.87. The van der Waals surface area contributed by atoms with Crippen molar-refractivity contribution >= 4 is 5.97 Å². The van der Waals surface area contributed by atoms with Crippen molar-refractivity contribution < 1.29 is 34.6 Å². The molecule has 0 aromatic heterocycles. The van der Waals surface area contributed by atoms with E-state index in [0.29, 0.717) is 0 Å². The molecule has 100 valence electrons. The summed E-state index contributed by atoms with van der Waals surface area (Å²) in [6.45, 7) is -0.381. The largest absolute Gasteiger partial charge is 0.504 e. The smallest absolute Gasteiger partial charge is 0.338 e. The van der Waals surface area contributed by atoms with Crippen molar-refractivity contribution in [3.63, 3.8) is 0 Å². The van der Waals surface area contributed by atoms with E-state index in [1.807, 2.05) is 0 Å². The van der Waals surface area contributed by atoms with Gasteiger partial charge < -0.3 is 14.6 Å². The van der Waals surface area contributed by atoms with Crippen molar-refractivity contribution in [3.05, 3.63) is 23.8 Å². The molecule has 0 aliphatic heterocycles. The van der Waals surface area contributed by atoms with Gasteiger partial charge >= 0.3 is 5.97 Å². The van der Waals surface area contributed by atoms with Gasteiger partial charge in [-0.3, -0.25) is 10.4 Å². The summed E-state index contributed by atoms with van der Waals surface area (Å²) in [6, 6.07) is 3.99. The van der Waals surface area contributed by atoms with Crippen LogP contribution in [0.1, 0.15) is 10.4 Å². The van der Waals surface area contributed by atoms with E-state index in [1.165, 1.54) is 25.3 Å². The SMILES string of the molecule is COc1cc(C(=O)OCCON(O)O)ccc1O. The maximum atomic E-state index is 11.5. The molecule has 0 radical (unpaired) electrons. The Morgan fingerprint density at radius 1 is 1.33 bits per heavy atom. The van der Waals surface area contributed by atoms with Crippen molar-refractivity contribution in [1.82, 2.24) is 5.39 Å². The van der Waals surface area contributed by atoms with E-state index < -0.39 is 11.4 Å². The first kappa shape index (κ1) is 14.2. The van der Waals surface area contributed by atoms with Crippen LogP contribution in [0.4, 0.5) is 0 Å². The molecule has 0 bridgehead atoms. The molecule has 8 nitrogen and oxygen atoms in total. The minimum absolute atomic E-state index is 0.0893. The summed E-state index contributed by atoms with van der Waals surface area (Å²) >= 11 is 0. The van der Waals surface area contributed by atoms with Crippen LogP contribution in [0.15, 0.2) is 18.2 Å². The third-order valence-corrected chi connectivity index (χ3v) is 1.94. The minimum atomic E-state index is -0.653. The Bertz CT molecular complexity index is 407. The molecule has 0 amide bonds. The molecule has 0 unspecified atom stereocenters. The zero-order valence-corrected chi connectivity index (χ0v) is 9.57. The van der Waals surface area contributed by atoms with Gasteiger partial charge in [-0.05, 0) is 18.2 Å². The summed E-state index contributed by atoms with van der Waals surface area (Å²) in [4.78, 5) is 15.7. The van der Waals surface area contributed by atoms with Gasteiger partial charge in [0.1, 0.15) is 13.2 Å². The molecule has 1 rings (SSSR count). The molecular weight excluding hydrogens is 246 g/mol. The van der Waals surface area contributed by atoms with Gasteiger partial charge in [-0.15, -0.1) is 0 Å². The number of benzene rings is 1. The number of carbonyl (C=O) groups excluding carboxylic acids is 1. The number of hydrogen-bond acceptors (Lipinski definition) is 8. The standard InChI is InChI=1S/C10H13NO7/c1-16-9-6-7(2-3-8(9)12)10(13)17-4-5-18-11(14)15/h2-3,6,12,14-15H,4-5H2,1H3. The highest BCUT2D eigenvalue weighted by Gasteiger charge is 2.11. The predicted molar refractivity (Wildman–Crippen MR) is 56.3 cm³/mol. The second-order valence-corrected chi connectivity index (χ2v) is 3.11. The van der Waals surface area contributed by atoms with Crippen molar-refractivity contribution in [2.75, 3.05) is 20.3 Å². The normalized spacial score (nSPS) is 10.4. The Balaban J connectivity index is 2.51. The van der Waals surface area contributed by atoms with Crippen molar-refractivity contribution in [3.8, 4) is 11.5 Å². The van der Waals surface area contributed by atoms with Gasteiger partial charge in [-0.1, -0.05) is 0 Å². The van der Waals surface area contributed by atoms with Crippen LogP contribution in [-0.4, -0.2) is 47.2 Å². The number of carbonyl (C=O) groups is 1. The monoisotopic (exact) mass is 259 g/mol. The lowest BCUT2D eigenvalue weighted by atomic mass is 10.2. The van der Waals surface area contributed by atoms with Gasteiger partial charge in [0, 0.05) is 0 Å². The molecule has 0 aliphatic carbocycles. The third kappa shape index (κ3) is 4.18. The van der Waals surface area contributed by atoms with E-state index in [2.05, 4.69) is 4.84 Å². The van der Waals surface area contributed by atoms with Gasteiger partial charge in [-0.25, -0.2) is 9.63 Å². The van der Waals surface area contributed by atoms with Crippen LogP contribution in [0.5, 0.6) is 11.5 Å². The molecule has 3 N–H and O–H groups in total. The quantitative estimate of drug-likeness (QED) is 0.386. The maximum absolute atomic E-state index is 11.5. The average Bonchev–Trinajstić information content (AvgIpc) is 2.34. The fourth-order valence-corrected chi connectivity index (χ4v) is 1.14. The Morgan fingerprint density at radius 3 is 2.67 bits per heavy atom. The van der Waals surface area contributed by atoms with Crippen LogP contribution >= 0.6 is 0 Å². The highest BCUT2D eigenvalue weighted by Crippen LogP contribution is 2.26. The summed E-state index contributed by atoms with van der Waals surface area (Å²) in [5.74, 6) is -0.592. The number of methoxy groups -OCH3 is 1. The maximum Gasteiger partial charge on any atom is 0.338 e. The molecule has 0 saturated carbocycles. The number of hydrogen-bond donors (Lipinski definition) is 3. The van der Waals surface area contributed by atoms with Crippen LogP contribution in [0, 0.1) is 0 Å². The summed E-state index contributed by atoms with van der Waals surface area (Å²) in [5.41, 5.74) is 0.189. The third-order valence-electron chi connectivity index (χ3n) is 1.94. The first-order valence-corrected chi connectivity index (χ1v) is 4.89. The van der Waals surface area contributed by atoms with E-state index in [-0.39, 0.29) is 30.3 Å². The fraction of sp³-hybridized carbons (Fsp3) is 0.300. The van der Waals surface area contributed by atoms with Gasteiger partial charge in [0.05, 0.1) is 18.1 Å². The van der Waals surface area contributed by atoms with Crippen LogP contribution in [-0.2, 0) is 9.57 Å². The highest BCUT2D eigenvalue weighted by atomic mass is 17.1. The van der Waals surface area contributed by atoms with E-state index in [4.69, 9.17) is 19.9 Å². The Labute approximate surface area is 102 Å². The molecule has 1 aromatic rings. The first-order valence-electron chi connectivity index (χ1n) is 4.89. The van der Waals surface area contributed by atoms with Crippen molar-refractivity contribution in [1.29, 1.82) is 0 Å². The molecular formula is C10H13NO7. The summed E-state index contributed by atoms with van der Waals surface area (Å²) in [7, 11) is 1.36. The molecule has 0 aliphatic rings. The van der Waals surface area contributed by atoms with Crippen molar-refractivity contribution in [2.24, 2.45) is 0 Å². The molecule has 0 fully saturated rings. The summed E-state index contributed by atoms with van der Waals surface area (Å²) < 4.78 is 9.61. The van der Waals surface area contributed by atoms with E-state index >= 15 is 0 Å². The Morgan fingerprint density at radius 2 is 2.06 bits per heavy atom. The molecule has 18 heavy (non-hydrogen) atoms. The summed E-state index contributed by atoms with van der Waals surface area (Å²) in [6.07, 6.45) is 0. The van der Waals surface area contributed by atoms with Gasteiger partial charge in [-0.2, -0.15) is 0 Å². The first-order chi connectivity index (χ1) is 8.54. The second kappa shape index (κ2) is 6.77. The van der Waals surface area contributed by atoms with E-state index in [0.717, 1.165) is 0 Å². The molecule has 0 saturated heterocycles. The molecule has 1 aromatic carbocycles.